The SMILES string of the molecule is CC(C)(C)OC(=O)N1CC[C@@H](O)[C@H](N)C1.CC(C)(C)OC(=O)N1CC[C@H](O)[C@@H](N)C1. The standard InChI is InChI=1S/2C10H20N2O3/c2*1-10(2,3)15-9(14)12-5-4-8(13)7(11)6-12/h2*7-8,13H,4-6,11H2,1-3H3/t2*7-,8-/m10/s1. The molecule has 2 amide bonds. The normalized spacial score (nSPS) is 27.7. The Kier molecular flexibility index (Phi) is 9.34. The molecule has 4 atom stereocenters. The number of hydrogen-bond acceptors (Lipinski definition) is 8. The zero-order chi connectivity index (χ0) is 23.3. The van der Waals surface area contributed by atoms with Crippen LogP contribution in [0.25, 0.3) is 0 Å². The van der Waals surface area contributed by atoms with E-state index in [0.29, 0.717) is 39.0 Å². The quantitative estimate of drug-likeness (QED) is 0.435. The Morgan fingerprint density at radius 3 is 1.30 bits per heavy atom. The summed E-state index contributed by atoms with van der Waals surface area (Å²) in [5.41, 5.74) is 10.4. The summed E-state index contributed by atoms with van der Waals surface area (Å²) < 4.78 is 10.4. The van der Waals surface area contributed by atoms with Crippen LogP contribution in [0, 0.1) is 0 Å². The number of aliphatic hydroxyl groups excluding tert-OH is 2. The molecule has 2 aliphatic heterocycles. The lowest BCUT2D eigenvalue weighted by Crippen LogP contribution is -2.53. The number of likely N-dealkylation sites (tertiary alicyclic amines) is 2. The zero-order valence-electron chi connectivity index (χ0n) is 19.1. The van der Waals surface area contributed by atoms with E-state index in [1.54, 1.807) is 9.80 Å². The number of carbonyl (C=O) groups excluding carboxylic acids is 2. The maximum absolute atomic E-state index is 11.6. The molecule has 0 saturated carbocycles. The van der Waals surface area contributed by atoms with Crippen molar-refractivity contribution in [1.82, 2.24) is 9.80 Å². The van der Waals surface area contributed by atoms with Crippen molar-refractivity contribution in [3.05, 3.63) is 0 Å². The summed E-state index contributed by atoms with van der Waals surface area (Å²) in [5, 5.41) is 18.8. The summed E-state index contributed by atoms with van der Waals surface area (Å²) in [6, 6.07) is -0.738. The van der Waals surface area contributed by atoms with E-state index in [0.717, 1.165) is 0 Å². The molecule has 2 rings (SSSR count). The molecule has 0 aromatic rings. The van der Waals surface area contributed by atoms with Crippen LogP contribution < -0.4 is 11.5 Å². The highest BCUT2D eigenvalue weighted by Gasteiger charge is 2.31. The van der Waals surface area contributed by atoms with Gasteiger partial charge in [-0.1, -0.05) is 0 Å². The highest BCUT2D eigenvalue weighted by atomic mass is 16.6. The van der Waals surface area contributed by atoms with Crippen molar-refractivity contribution in [2.24, 2.45) is 11.5 Å². The second-order valence-corrected chi connectivity index (χ2v) is 9.89. The largest absolute Gasteiger partial charge is 0.444 e. The van der Waals surface area contributed by atoms with Crippen molar-refractivity contribution in [1.29, 1.82) is 0 Å². The average Bonchev–Trinajstić information content (AvgIpc) is 2.57. The number of ether oxygens (including phenoxy) is 2. The minimum Gasteiger partial charge on any atom is -0.444 e. The lowest BCUT2D eigenvalue weighted by Gasteiger charge is -2.35. The first kappa shape index (κ1) is 26.4. The smallest absolute Gasteiger partial charge is 0.410 e. The molecule has 6 N–H and O–H groups in total. The molecular formula is C20H40N4O6. The van der Waals surface area contributed by atoms with Crippen LogP contribution in [0.15, 0.2) is 0 Å². The van der Waals surface area contributed by atoms with Gasteiger partial charge in [0.05, 0.1) is 12.2 Å². The third kappa shape index (κ3) is 9.46. The number of aliphatic hydroxyl groups is 2. The van der Waals surface area contributed by atoms with Gasteiger partial charge in [0, 0.05) is 38.3 Å². The lowest BCUT2D eigenvalue weighted by molar-refractivity contribution is 0.00381. The summed E-state index contributed by atoms with van der Waals surface area (Å²) in [6.45, 7) is 12.7. The van der Waals surface area contributed by atoms with Crippen LogP contribution in [0.4, 0.5) is 9.59 Å². The second-order valence-electron chi connectivity index (χ2n) is 9.89. The molecule has 0 radical (unpaired) electrons. The predicted octanol–water partition coefficient (Wildman–Crippen LogP) is 0.631. The number of nitrogens with zero attached hydrogens (tertiary/aromatic N) is 2. The number of hydrogen-bond donors (Lipinski definition) is 4. The van der Waals surface area contributed by atoms with Crippen LogP contribution in [0.5, 0.6) is 0 Å². The van der Waals surface area contributed by atoms with Crippen LogP contribution in [-0.4, -0.2) is 93.9 Å². The molecule has 2 aliphatic rings. The molecule has 2 saturated heterocycles. The van der Waals surface area contributed by atoms with E-state index in [4.69, 9.17) is 20.9 Å². The topological polar surface area (TPSA) is 152 Å². The van der Waals surface area contributed by atoms with Crippen LogP contribution in [-0.2, 0) is 9.47 Å². The van der Waals surface area contributed by atoms with Crippen molar-refractivity contribution >= 4 is 12.2 Å². The van der Waals surface area contributed by atoms with Gasteiger partial charge in [0.1, 0.15) is 11.2 Å². The van der Waals surface area contributed by atoms with Gasteiger partial charge in [-0.25, -0.2) is 9.59 Å². The number of nitrogens with two attached hydrogens (primary N) is 2. The Bertz CT molecular complexity index is 525. The summed E-state index contributed by atoms with van der Waals surface area (Å²) >= 11 is 0. The van der Waals surface area contributed by atoms with Crippen molar-refractivity contribution in [3.8, 4) is 0 Å². The van der Waals surface area contributed by atoms with Gasteiger partial charge in [-0.05, 0) is 54.4 Å². The lowest BCUT2D eigenvalue weighted by atomic mass is 10.0. The highest BCUT2D eigenvalue weighted by molar-refractivity contribution is 5.68. The Hall–Kier alpha value is -1.62. The first-order valence-electron chi connectivity index (χ1n) is 10.4. The molecule has 10 nitrogen and oxygen atoms in total. The number of carbonyl (C=O) groups is 2. The molecule has 0 aromatic heterocycles. The van der Waals surface area contributed by atoms with Gasteiger partial charge in [-0.3, -0.25) is 0 Å². The number of amides is 2. The minimum absolute atomic E-state index is 0.357. The van der Waals surface area contributed by atoms with Crippen LogP contribution >= 0.6 is 0 Å². The summed E-state index contributed by atoms with van der Waals surface area (Å²) in [7, 11) is 0. The predicted molar refractivity (Wildman–Crippen MR) is 113 cm³/mol. The maximum atomic E-state index is 11.6. The fourth-order valence-electron chi connectivity index (χ4n) is 2.92. The van der Waals surface area contributed by atoms with Crippen molar-refractivity contribution in [2.75, 3.05) is 26.2 Å². The van der Waals surface area contributed by atoms with E-state index in [9.17, 15) is 19.8 Å². The summed E-state index contributed by atoms with van der Waals surface area (Å²) in [6.07, 6.45) is -0.706. The number of rotatable bonds is 0. The van der Waals surface area contributed by atoms with Crippen LogP contribution in [0.2, 0.25) is 0 Å². The summed E-state index contributed by atoms with van der Waals surface area (Å²) in [5.74, 6) is 0. The molecule has 0 bridgehead atoms. The Morgan fingerprint density at radius 2 is 1.07 bits per heavy atom. The van der Waals surface area contributed by atoms with E-state index in [1.165, 1.54) is 0 Å². The van der Waals surface area contributed by atoms with E-state index in [1.807, 2.05) is 41.5 Å². The second kappa shape index (κ2) is 10.6. The Labute approximate surface area is 179 Å². The van der Waals surface area contributed by atoms with Gasteiger partial charge in [0.15, 0.2) is 0 Å². The van der Waals surface area contributed by atoms with E-state index >= 15 is 0 Å². The minimum atomic E-state index is -0.510. The molecule has 0 spiro atoms. The average molecular weight is 433 g/mol. The van der Waals surface area contributed by atoms with Crippen molar-refractivity contribution in [3.63, 3.8) is 0 Å². The van der Waals surface area contributed by atoms with E-state index in [-0.39, 0.29) is 24.3 Å². The molecule has 0 unspecified atom stereocenters. The molecule has 10 heteroatoms. The monoisotopic (exact) mass is 432 g/mol. The van der Waals surface area contributed by atoms with Gasteiger partial charge >= 0.3 is 12.2 Å². The van der Waals surface area contributed by atoms with Gasteiger partial charge in [-0.15, -0.1) is 0 Å². The number of piperidine rings is 2. The summed E-state index contributed by atoms with van der Waals surface area (Å²) in [4.78, 5) is 26.4. The van der Waals surface area contributed by atoms with Crippen molar-refractivity contribution in [2.45, 2.75) is 89.9 Å². The fraction of sp³-hybridized carbons (Fsp3) is 0.900. The van der Waals surface area contributed by atoms with Gasteiger partial charge < -0.3 is 41.0 Å². The highest BCUT2D eigenvalue weighted by Crippen LogP contribution is 2.16. The Balaban J connectivity index is 0.000000300. The molecule has 176 valence electrons. The third-order valence-corrected chi connectivity index (χ3v) is 4.54. The Morgan fingerprint density at radius 1 is 0.767 bits per heavy atom. The molecule has 0 aliphatic carbocycles. The van der Waals surface area contributed by atoms with E-state index in [2.05, 4.69) is 0 Å². The third-order valence-electron chi connectivity index (χ3n) is 4.54. The zero-order valence-corrected chi connectivity index (χ0v) is 19.1. The first-order chi connectivity index (χ1) is 13.6. The molecule has 30 heavy (non-hydrogen) atoms. The fourth-order valence-corrected chi connectivity index (χ4v) is 2.92. The van der Waals surface area contributed by atoms with Gasteiger partial charge in [-0.2, -0.15) is 0 Å². The van der Waals surface area contributed by atoms with E-state index < -0.39 is 23.4 Å². The first-order valence-corrected chi connectivity index (χ1v) is 10.4. The molecule has 2 heterocycles. The molecular weight excluding hydrogens is 392 g/mol. The van der Waals surface area contributed by atoms with Crippen LogP contribution in [0.1, 0.15) is 54.4 Å². The van der Waals surface area contributed by atoms with Crippen molar-refractivity contribution < 1.29 is 29.3 Å². The molecule has 2 fully saturated rings. The maximum Gasteiger partial charge on any atom is 0.410 e. The van der Waals surface area contributed by atoms with Gasteiger partial charge in [0.2, 0.25) is 0 Å². The molecule has 0 aromatic carbocycles. The van der Waals surface area contributed by atoms with Crippen LogP contribution in [0.3, 0.4) is 0 Å². The van der Waals surface area contributed by atoms with Gasteiger partial charge in [0.25, 0.3) is 0 Å².